The SMILES string of the molecule is Cc1c[nH]c(C)c1C(=O)OCCCCOC(=O)CCCc1ccc2c3cccc4cccc(c5cccc1c52)c43. The number of aromatic amines is 1. The maximum Gasteiger partial charge on any atom is 0.340 e. The largest absolute Gasteiger partial charge is 0.466 e. The van der Waals surface area contributed by atoms with Gasteiger partial charge in [0.2, 0.25) is 0 Å². The summed E-state index contributed by atoms with van der Waals surface area (Å²) in [5, 5.41) is 10.3. The van der Waals surface area contributed by atoms with Gasteiger partial charge in [-0.2, -0.15) is 0 Å². The topological polar surface area (TPSA) is 68.4 Å². The van der Waals surface area contributed by atoms with E-state index < -0.39 is 0 Å². The molecule has 202 valence electrons. The molecule has 0 radical (unpaired) electrons. The molecule has 1 aromatic heterocycles. The Morgan fingerprint density at radius 2 is 1.32 bits per heavy atom. The van der Waals surface area contributed by atoms with Gasteiger partial charge in [-0.1, -0.05) is 66.7 Å². The number of unbranched alkanes of at least 4 members (excludes halogenated alkanes) is 1. The van der Waals surface area contributed by atoms with Crippen molar-refractivity contribution in [2.24, 2.45) is 0 Å². The lowest BCUT2D eigenvalue weighted by molar-refractivity contribution is -0.143. The first-order chi connectivity index (χ1) is 19.5. The van der Waals surface area contributed by atoms with Gasteiger partial charge in [-0.05, 0) is 93.7 Å². The van der Waals surface area contributed by atoms with E-state index in [0.29, 0.717) is 38.0 Å². The van der Waals surface area contributed by atoms with E-state index >= 15 is 0 Å². The number of hydrogen-bond donors (Lipinski definition) is 1. The highest BCUT2D eigenvalue weighted by molar-refractivity contribution is 6.33. The molecule has 6 rings (SSSR count). The third-order valence-corrected chi connectivity index (χ3v) is 7.96. The van der Waals surface area contributed by atoms with Gasteiger partial charge in [0.05, 0.1) is 18.8 Å². The Morgan fingerprint density at radius 1 is 0.700 bits per heavy atom. The smallest absolute Gasteiger partial charge is 0.340 e. The van der Waals surface area contributed by atoms with Crippen LogP contribution in [0.2, 0.25) is 0 Å². The van der Waals surface area contributed by atoms with E-state index in [2.05, 4.69) is 71.7 Å². The Morgan fingerprint density at radius 3 is 2.02 bits per heavy atom. The molecule has 0 fully saturated rings. The van der Waals surface area contributed by atoms with Crippen molar-refractivity contribution in [1.29, 1.82) is 0 Å². The molecule has 0 amide bonds. The van der Waals surface area contributed by atoms with Crippen LogP contribution in [0.25, 0.3) is 43.1 Å². The summed E-state index contributed by atoms with van der Waals surface area (Å²) >= 11 is 0. The van der Waals surface area contributed by atoms with Crippen molar-refractivity contribution in [2.75, 3.05) is 13.2 Å². The maximum atomic E-state index is 12.4. The van der Waals surface area contributed by atoms with E-state index in [4.69, 9.17) is 9.47 Å². The van der Waals surface area contributed by atoms with Crippen LogP contribution in [0.4, 0.5) is 0 Å². The normalized spacial score (nSPS) is 11.7. The van der Waals surface area contributed by atoms with Gasteiger partial charge < -0.3 is 14.5 Å². The van der Waals surface area contributed by atoms with Crippen LogP contribution < -0.4 is 0 Å². The summed E-state index contributed by atoms with van der Waals surface area (Å²) in [7, 11) is 0. The van der Waals surface area contributed by atoms with Crippen LogP contribution in [0.5, 0.6) is 0 Å². The van der Waals surface area contributed by atoms with Crippen molar-refractivity contribution in [2.45, 2.75) is 46.0 Å². The molecule has 0 saturated heterocycles. The first-order valence-corrected chi connectivity index (χ1v) is 14.1. The van der Waals surface area contributed by atoms with Crippen LogP contribution in [0.15, 0.2) is 72.9 Å². The van der Waals surface area contributed by atoms with Crippen molar-refractivity contribution < 1.29 is 19.1 Å². The molecule has 5 heteroatoms. The monoisotopic (exact) mass is 531 g/mol. The number of aryl methyl sites for hydroxylation is 3. The average Bonchev–Trinajstić information content (AvgIpc) is 3.31. The van der Waals surface area contributed by atoms with Crippen molar-refractivity contribution >= 4 is 55.0 Å². The number of rotatable bonds is 10. The number of aromatic nitrogens is 1. The first kappa shape index (κ1) is 25.9. The molecule has 0 aliphatic rings. The Hall–Kier alpha value is -4.38. The van der Waals surface area contributed by atoms with Crippen molar-refractivity contribution in [3.05, 3.63) is 95.3 Å². The third-order valence-electron chi connectivity index (χ3n) is 7.96. The molecule has 1 heterocycles. The van der Waals surface area contributed by atoms with Crippen LogP contribution >= 0.6 is 0 Å². The van der Waals surface area contributed by atoms with Crippen molar-refractivity contribution in [1.82, 2.24) is 4.98 Å². The van der Waals surface area contributed by atoms with E-state index in [1.54, 1.807) is 6.20 Å². The molecule has 6 aromatic rings. The summed E-state index contributed by atoms with van der Waals surface area (Å²) in [5.41, 5.74) is 3.55. The van der Waals surface area contributed by atoms with Crippen LogP contribution in [0.3, 0.4) is 0 Å². The number of fused-ring (bicyclic) bond motifs is 2. The van der Waals surface area contributed by atoms with E-state index in [9.17, 15) is 9.59 Å². The lowest BCUT2D eigenvalue weighted by Crippen LogP contribution is -2.10. The Balaban J connectivity index is 1.03. The fourth-order valence-corrected chi connectivity index (χ4v) is 6.02. The molecule has 5 nitrogen and oxygen atoms in total. The van der Waals surface area contributed by atoms with Gasteiger partial charge in [0.15, 0.2) is 0 Å². The Labute approximate surface area is 233 Å². The number of nitrogens with one attached hydrogen (secondary N) is 1. The van der Waals surface area contributed by atoms with Gasteiger partial charge in [0.1, 0.15) is 0 Å². The van der Waals surface area contributed by atoms with Gasteiger partial charge in [-0.15, -0.1) is 0 Å². The number of benzene rings is 5. The Bertz CT molecular complexity index is 1780. The molecule has 5 aromatic carbocycles. The van der Waals surface area contributed by atoms with E-state index in [1.165, 1.54) is 48.7 Å². The number of carbonyl (C=O) groups is 2. The second-order valence-corrected chi connectivity index (χ2v) is 10.6. The van der Waals surface area contributed by atoms with E-state index in [-0.39, 0.29) is 11.9 Å². The number of carbonyl (C=O) groups excluding carboxylic acids is 2. The fraction of sp³-hybridized carbons (Fsp3) is 0.257. The minimum atomic E-state index is -0.312. The summed E-state index contributed by atoms with van der Waals surface area (Å²) < 4.78 is 10.8. The zero-order chi connectivity index (χ0) is 27.6. The summed E-state index contributed by atoms with van der Waals surface area (Å²) in [6.07, 6.45) is 5.04. The second kappa shape index (κ2) is 11.0. The highest BCUT2D eigenvalue weighted by Gasteiger charge is 2.16. The van der Waals surface area contributed by atoms with E-state index in [1.807, 2.05) is 13.8 Å². The average molecular weight is 532 g/mol. The quantitative estimate of drug-likeness (QED) is 0.0837. The second-order valence-electron chi connectivity index (χ2n) is 10.6. The molecule has 0 spiro atoms. The molecule has 1 N–H and O–H groups in total. The summed E-state index contributed by atoms with van der Waals surface area (Å²) in [5.74, 6) is -0.493. The number of esters is 2. The number of H-pyrrole nitrogens is 1. The summed E-state index contributed by atoms with van der Waals surface area (Å²) in [6.45, 7) is 4.38. The third kappa shape index (κ3) is 4.77. The van der Waals surface area contributed by atoms with Gasteiger partial charge in [-0.25, -0.2) is 4.79 Å². The zero-order valence-corrected chi connectivity index (χ0v) is 23.0. The molecular formula is C35H33NO4. The van der Waals surface area contributed by atoms with Gasteiger partial charge in [0.25, 0.3) is 0 Å². The summed E-state index contributed by atoms with van der Waals surface area (Å²) in [6, 6.07) is 24.1. The molecule has 0 atom stereocenters. The molecule has 0 aliphatic heterocycles. The van der Waals surface area contributed by atoms with Crippen LogP contribution in [-0.4, -0.2) is 30.1 Å². The van der Waals surface area contributed by atoms with Crippen LogP contribution in [0, 0.1) is 13.8 Å². The highest BCUT2D eigenvalue weighted by atomic mass is 16.5. The minimum absolute atomic E-state index is 0.182. The Kier molecular flexibility index (Phi) is 7.12. The lowest BCUT2D eigenvalue weighted by atomic mass is 9.87. The molecule has 0 saturated carbocycles. The maximum absolute atomic E-state index is 12.4. The van der Waals surface area contributed by atoms with Crippen LogP contribution in [-0.2, 0) is 20.7 Å². The van der Waals surface area contributed by atoms with Crippen molar-refractivity contribution in [3.63, 3.8) is 0 Å². The molecule has 0 unspecified atom stereocenters. The van der Waals surface area contributed by atoms with E-state index in [0.717, 1.165) is 24.1 Å². The predicted octanol–water partition coefficient (Wildman–Crippen LogP) is 8.19. The summed E-state index contributed by atoms with van der Waals surface area (Å²) in [4.78, 5) is 27.6. The van der Waals surface area contributed by atoms with Crippen LogP contribution in [0.1, 0.15) is 52.9 Å². The van der Waals surface area contributed by atoms with Gasteiger partial charge in [0, 0.05) is 18.3 Å². The zero-order valence-electron chi connectivity index (χ0n) is 23.0. The van der Waals surface area contributed by atoms with Gasteiger partial charge in [-0.3, -0.25) is 4.79 Å². The molecular weight excluding hydrogens is 498 g/mol. The van der Waals surface area contributed by atoms with Gasteiger partial charge >= 0.3 is 11.9 Å². The lowest BCUT2D eigenvalue weighted by Gasteiger charge is -2.16. The predicted molar refractivity (Wildman–Crippen MR) is 161 cm³/mol. The highest BCUT2D eigenvalue weighted by Crippen LogP contribution is 2.41. The minimum Gasteiger partial charge on any atom is -0.466 e. The fourth-order valence-electron chi connectivity index (χ4n) is 6.02. The number of hydrogen-bond acceptors (Lipinski definition) is 4. The molecule has 40 heavy (non-hydrogen) atoms. The standard InChI is InChI=1S/C35H33NO4/c1-22-21-36-23(2)32(22)35(38)40-20-4-3-19-39-31(37)16-7-9-24-17-18-30-28-14-6-11-25-10-5-13-27(33(25)28)29-15-8-12-26(24)34(29)30/h5-6,8,10-15,17-18,21,36H,3-4,7,9,16,19-20H2,1-2H3. The first-order valence-electron chi connectivity index (χ1n) is 14.1. The molecule has 0 aliphatic carbocycles. The number of ether oxygens (including phenoxy) is 2. The molecule has 0 bridgehead atoms. The van der Waals surface area contributed by atoms with Crippen molar-refractivity contribution in [3.8, 4) is 0 Å².